The Morgan fingerprint density at radius 2 is 1.62 bits per heavy atom. The number of rotatable bonds is 3. The van der Waals surface area contributed by atoms with Crippen LogP contribution < -0.4 is 4.90 Å². The van der Waals surface area contributed by atoms with Gasteiger partial charge in [-0.15, -0.1) is 0 Å². The van der Waals surface area contributed by atoms with Gasteiger partial charge in [0.2, 0.25) is 10.0 Å². The summed E-state index contributed by atoms with van der Waals surface area (Å²) in [7, 11) is -3.42. The molecular weight excluding hydrogens is 286 g/mol. The third-order valence-electron chi connectivity index (χ3n) is 3.63. The monoisotopic (exact) mass is 303 g/mol. The summed E-state index contributed by atoms with van der Waals surface area (Å²) < 4.78 is 26.5. The molecule has 0 unspecified atom stereocenters. The molecule has 0 amide bonds. The van der Waals surface area contributed by atoms with Crippen molar-refractivity contribution in [2.45, 2.75) is 4.90 Å². The van der Waals surface area contributed by atoms with Crippen molar-refractivity contribution < 1.29 is 8.42 Å². The second-order valence-corrected chi connectivity index (χ2v) is 6.85. The first-order chi connectivity index (χ1) is 10.2. The lowest BCUT2D eigenvalue weighted by atomic mass is 10.2. The van der Waals surface area contributed by atoms with Crippen molar-refractivity contribution in [1.29, 1.82) is 0 Å². The molecule has 0 atom stereocenters. The highest BCUT2D eigenvalue weighted by Crippen LogP contribution is 2.20. The largest absolute Gasteiger partial charge is 0.369 e. The molecule has 2 aromatic rings. The molecule has 0 aliphatic carbocycles. The lowest BCUT2D eigenvalue weighted by molar-refractivity contribution is 0.385. The Labute approximate surface area is 124 Å². The van der Waals surface area contributed by atoms with Crippen LogP contribution in [0.4, 0.5) is 5.69 Å². The van der Waals surface area contributed by atoms with Crippen LogP contribution in [0.15, 0.2) is 59.8 Å². The summed E-state index contributed by atoms with van der Waals surface area (Å²) in [4.78, 5) is 6.36. The van der Waals surface area contributed by atoms with Crippen molar-refractivity contribution in [3.63, 3.8) is 0 Å². The van der Waals surface area contributed by atoms with Gasteiger partial charge in [-0.1, -0.05) is 18.2 Å². The van der Waals surface area contributed by atoms with E-state index in [0.29, 0.717) is 26.2 Å². The molecule has 0 bridgehead atoms. The first kappa shape index (κ1) is 14.0. The zero-order valence-corrected chi connectivity index (χ0v) is 12.4. The Balaban J connectivity index is 1.72. The molecule has 21 heavy (non-hydrogen) atoms. The first-order valence-corrected chi connectivity index (χ1v) is 8.32. The molecule has 1 aliphatic rings. The van der Waals surface area contributed by atoms with Crippen LogP contribution in [0.1, 0.15) is 0 Å². The smallest absolute Gasteiger partial charge is 0.244 e. The molecule has 0 spiro atoms. The van der Waals surface area contributed by atoms with Crippen molar-refractivity contribution in [2.24, 2.45) is 0 Å². The number of hydrogen-bond acceptors (Lipinski definition) is 4. The molecule has 1 fully saturated rings. The van der Waals surface area contributed by atoms with Crippen molar-refractivity contribution in [1.82, 2.24) is 9.29 Å². The van der Waals surface area contributed by atoms with Gasteiger partial charge in [-0.25, -0.2) is 8.42 Å². The summed E-state index contributed by atoms with van der Waals surface area (Å²) in [6.07, 6.45) is 2.98. The Kier molecular flexibility index (Phi) is 3.90. The van der Waals surface area contributed by atoms with Crippen molar-refractivity contribution >= 4 is 15.7 Å². The number of benzene rings is 1. The normalized spacial score (nSPS) is 16.9. The molecule has 0 saturated carbocycles. The number of pyridine rings is 1. The van der Waals surface area contributed by atoms with Crippen LogP contribution in [0, 0.1) is 0 Å². The van der Waals surface area contributed by atoms with Gasteiger partial charge in [0.1, 0.15) is 4.90 Å². The molecular formula is C15H17N3O2S. The number of hydrogen-bond donors (Lipinski definition) is 0. The molecule has 1 saturated heterocycles. The minimum absolute atomic E-state index is 0.262. The third kappa shape index (κ3) is 2.91. The van der Waals surface area contributed by atoms with E-state index in [0.717, 1.165) is 5.69 Å². The van der Waals surface area contributed by atoms with Gasteiger partial charge in [-0.2, -0.15) is 4.31 Å². The number of aromatic nitrogens is 1. The van der Waals surface area contributed by atoms with E-state index in [1.54, 1.807) is 18.3 Å². The van der Waals surface area contributed by atoms with E-state index in [1.807, 2.05) is 30.3 Å². The van der Waals surface area contributed by atoms with Gasteiger partial charge < -0.3 is 4.90 Å². The molecule has 110 valence electrons. The molecule has 1 aromatic heterocycles. The highest BCUT2D eigenvalue weighted by atomic mass is 32.2. The van der Waals surface area contributed by atoms with E-state index in [-0.39, 0.29) is 4.90 Å². The lowest BCUT2D eigenvalue weighted by Crippen LogP contribution is -2.48. The fourth-order valence-electron chi connectivity index (χ4n) is 2.47. The Morgan fingerprint density at radius 3 is 2.24 bits per heavy atom. The molecule has 0 radical (unpaired) electrons. The predicted octanol–water partition coefficient (Wildman–Crippen LogP) is 1.59. The summed E-state index contributed by atoms with van der Waals surface area (Å²) in [5, 5.41) is 0. The molecule has 3 rings (SSSR count). The zero-order chi connectivity index (χ0) is 14.7. The van der Waals surface area contributed by atoms with Crippen LogP contribution in [0.3, 0.4) is 0 Å². The van der Waals surface area contributed by atoms with Gasteiger partial charge in [-0.05, 0) is 24.3 Å². The SMILES string of the molecule is O=S(=O)(c1cccnc1)N1CCN(c2ccccc2)CC1. The quantitative estimate of drug-likeness (QED) is 0.864. The van der Waals surface area contributed by atoms with Gasteiger partial charge in [0.15, 0.2) is 0 Å². The maximum atomic E-state index is 12.5. The lowest BCUT2D eigenvalue weighted by Gasteiger charge is -2.35. The van der Waals surface area contributed by atoms with E-state index in [9.17, 15) is 8.42 Å². The summed E-state index contributed by atoms with van der Waals surface area (Å²) in [5.41, 5.74) is 1.14. The molecule has 5 nitrogen and oxygen atoms in total. The van der Waals surface area contributed by atoms with Crippen LogP contribution in [0.25, 0.3) is 0 Å². The van der Waals surface area contributed by atoms with Gasteiger partial charge in [0.25, 0.3) is 0 Å². The third-order valence-corrected chi connectivity index (χ3v) is 5.51. The Morgan fingerprint density at radius 1 is 0.905 bits per heavy atom. The van der Waals surface area contributed by atoms with E-state index < -0.39 is 10.0 Å². The average molecular weight is 303 g/mol. The number of sulfonamides is 1. The minimum Gasteiger partial charge on any atom is -0.369 e. The second kappa shape index (κ2) is 5.83. The van der Waals surface area contributed by atoms with Crippen LogP contribution in [0.2, 0.25) is 0 Å². The summed E-state index contributed by atoms with van der Waals surface area (Å²) in [5.74, 6) is 0. The fourth-order valence-corrected chi connectivity index (χ4v) is 3.86. The van der Waals surface area contributed by atoms with E-state index in [2.05, 4.69) is 9.88 Å². The number of anilines is 1. The van der Waals surface area contributed by atoms with E-state index >= 15 is 0 Å². The maximum absolute atomic E-state index is 12.5. The van der Waals surface area contributed by atoms with Crippen molar-refractivity contribution in [2.75, 3.05) is 31.1 Å². The number of para-hydroxylation sites is 1. The summed E-state index contributed by atoms with van der Waals surface area (Å²) in [6.45, 7) is 2.38. The number of piperazine rings is 1. The Bertz CT molecular complexity index is 681. The summed E-state index contributed by atoms with van der Waals surface area (Å²) >= 11 is 0. The topological polar surface area (TPSA) is 53.5 Å². The highest BCUT2D eigenvalue weighted by Gasteiger charge is 2.28. The van der Waals surface area contributed by atoms with Crippen LogP contribution in [0.5, 0.6) is 0 Å². The van der Waals surface area contributed by atoms with Crippen LogP contribution in [-0.2, 0) is 10.0 Å². The predicted molar refractivity (Wildman–Crippen MR) is 81.7 cm³/mol. The molecule has 6 heteroatoms. The molecule has 1 aromatic carbocycles. The molecule has 0 N–H and O–H groups in total. The maximum Gasteiger partial charge on any atom is 0.244 e. The highest BCUT2D eigenvalue weighted by molar-refractivity contribution is 7.89. The van der Waals surface area contributed by atoms with Crippen LogP contribution >= 0.6 is 0 Å². The minimum atomic E-state index is -3.42. The fraction of sp³-hybridized carbons (Fsp3) is 0.267. The van der Waals surface area contributed by atoms with E-state index in [4.69, 9.17) is 0 Å². The van der Waals surface area contributed by atoms with Crippen molar-refractivity contribution in [3.05, 3.63) is 54.9 Å². The Hall–Kier alpha value is -1.92. The van der Waals surface area contributed by atoms with Gasteiger partial charge >= 0.3 is 0 Å². The van der Waals surface area contributed by atoms with Crippen molar-refractivity contribution in [3.8, 4) is 0 Å². The van der Waals surface area contributed by atoms with Gasteiger partial charge in [0, 0.05) is 44.3 Å². The summed E-state index contributed by atoms with van der Waals surface area (Å²) in [6, 6.07) is 13.3. The molecule has 1 aliphatic heterocycles. The average Bonchev–Trinajstić information content (AvgIpc) is 2.57. The standard InChI is InChI=1S/C15H17N3O2S/c19-21(20,15-7-4-8-16-13-15)18-11-9-17(10-12-18)14-5-2-1-3-6-14/h1-8,13H,9-12H2. The second-order valence-electron chi connectivity index (χ2n) is 4.92. The van der Waals surface area contributed by atoms with E-state index in [1.165, 1.54) is 10.5 Å². The van der Waals surface area contributed by atoms with Crippen LogP contribution in [-0.4, -0.2) is 43.9 Å². The molecule has 2 heterocycles. The van der Waals surface area contributed by atoms with Gasteiger partial charge in [-0.3, -0.25) is 4.98 Å². The first-order valence-electron chi connectivity index (χ1n) is 6.88. The zero-order valence-electron chi connectivity index (χ0n) is 11.6. The van der Waals surface area contributed by atoms with Gasteiger partial charge in [0.05, 0.1) is 0 Å². The number of nitrogens with zero attached hydrogens (tertiary/aromatic N) is 3.